The molecule has 1 aliphatic heterocycles. The first-order valence-electron chi connectivity index (χ1n) is 3.73. The van der Waals surface area contributed by atoms with Gasteiger partial charge in [0.1, 0.15) is 12.2 Å². The Morgan fingerprint density at radius 2 is 2.60 bits per heavy atom. The molecule has 0 saturated carbocycles. The largest absolute Gasteiger partial charge is 0.318 e. The summed E-state index contributed by atoms with van der Waals surface area (Å²) in [6, 6.07) is 0. The average molecular weight is 137 g/mol. The summed E-state index contributed by atoms with van der Waals surface area (Å²) in [5.41, 5.74) is 0. The third kappa shape index (κ3) is 0.818. The Hall–Kier alpha value is -0.860. The van der Waals surface area contributed by atoms with Crippen molar-refractivity contribution in [3.63, 3.8) is 0 Å². The lowest BCUT2D eigenvalue weighted by atomic mass is 10.0. The first kappa shape index (κ1) is 5.89. The summed E-state index contributed by atoms with van der Waals surface area (Å²) in [6.07, 6.45) is 4.19. The SMILES string of the molecule is CC1CCn2cnnc2C1. The zero-order valence-electron chi connectivity index (χ0n) is 6.12. The summed E-state index contributed by atoms with van der Waals surface area (Å²) in [7, 11) is 0. The van der Waals surface area contributed by atoms with E-state index >= 15 is 0 Å². The van der Waals surface area contributed by atoms with Crippen molar-refractivity contribution in [1.29, 1.82) is 0 Å². The van der Waals surface area contributed by atoms with Crippen molar-refractivity contribution >= 4 is 0 Å². The molecule has 1 aromatic heterocycles. The lowest BCUT2D eigenvalue weighted by molar-refractivity contribution is 0.409. The van der Waals surface area contributed by atoms with Gasteiger partial charge in [0.2, 0.25) is 0 Å². The highest BCUT2D eigenvalue weighted by Gasteiger charge is 2.15. The van der Waals surface area contributed by atoms with Crippen molar-refractivity contribution in [3.05, 3.63) is 12.2 Å². The van der Waals surface area contributed by atoms with E-state index in [9.17, 15) is 0 Å². The maximum Gasteiger partial charge on any atom is 0.133 e. The molecule has 1 aliphatic rings. The topological polar surface area (TPSA) is 30.7 Å². The maximum absolute atomic E-state index is 4.02. The minimum atomic E-state index is 0.789. The van der Waals surface area contributed by atoms with Gasteiger partial charge in [-0.3, -0.25) is 0 Å². The molecule has 0 bridgehead atoms. The number of fused-ring (bicyclic) bond motifs is 1. The van der Waals surface area contributed by atoms with E-state index in [2.05, 4.69) is 21.7 Å². The molecule has 0 aliphatic carbocycles. The molecule has 0 amide bonds. The van der Waals surface area contributed by atoms with Crippen LogP contribution in [0.1, 0.15) is 19.2 Å². The number of aromatic nitrogens is 3. The Labute approximate surface area is 60.1 Å². The van der Waals surface area contributed by atoms with E-state index in [4.69, 9.17) is 0 Å². The molecule has 0 saturated heterocycles. The predicted octanol–water partition coefficient (Wildman–Crippen LogP) is 0.860. The van der Waals surface area contributed by atoms with Gasteiger partial charge >= 0.3 is 0 Å². The third-order valence-corrected chi connectivity index (χ3v) is 2.09. The lowest BCUT2D eigenvalue weighted by Gasteiger charge is -2.17. The van der Waals surface area contributed by atoms with Crippen molar-refractivity contribution in [1.82, 2.24) is 14.8 Å². The molecule has 1 aromatic rings. The van der Waals surface area contributed by atoms with Gasteiger partial charge in [0, 0.05) is 13.0 Å². The van der Waals surface area contributed by atoms with Crippen LogP contribution in [0, 0.1) is 5.92 Å². The van der Waals surface area contributed by atoms with Gasteiger partial charge in [0.05, 0.1) is 0 Å². The summed E-state index contributed by atoms with van der Waals surface area (Å²) >= 11 is 0. The van der Waals surface area contributed by atoms with E-state index in [0.717, 1.165) is 24.7 Å². The first-order valence-corrected chi connectivity index (χ1v) is 3.73. The molecule has 1 atom stereocenters. The first-order chi connectivity index (χ1) is 4.86. The zero-order valence-corrected chi connectivity index (χ0v) is 6.12. The van der Waals surface area contributed by atoms with Crippen LogP contribution in [-0.2, 0) is 13.0 Å². The summed E-state index contributed by atoms with van der Waals surface area (Å²) in [4.78, 5) is 0. The number of hydrogen-bond acceptors (Lipinski definition) is 2. The second-order valence-electron chi connectivity index (χ2n) is 3.04. The summed E-state index contributed by atoms with van der Waals surface area (Å²) in [5, 5.41) is 7.87. The summed E-state index contributed by atoms with van der Waals surface area (Å²) < 4.78 is 2.14. The Bertz CT molecular complexity index is 229. The van der Waals surface area contributed by atoms with Crippen LogP contribution in [0.5, 0.6) is 0 Å². The number of nitrogens with zero attached hydrogens (tertiary/aromatic N) is 3. The molecular weight excluding hydrogens is 126 g/mol. The van der Waals surface area contributed by atoms with Crippen LogP contribution in [0.3, 0.4) is 0 Å². The second-order valence-corrected chi connectivity index (χ2v) is 3.04. The Morgan fingerprint density at radius 1 is 1.70 bits per heavy atom. The molecular formula is C7H11N3. The molecule has 2 heterocycles. The summed E-state index contributed by atoms with van der Waals surface area (Å²) in [6.45, 7) is 3.36. The van der Waals surface area contributed by atoms with E-state index < -0.39 is 0 Å². The van der Waals surface area contributed by atoms with Gasteiger partial charge in [-0.15, -0.1) is 10.2 Å². The van der Waals surface area contributed by atoms with Crippen molar-refractivity contribution < 1.29 is 0 Å². The fraction of sp³-hybridized carbons (Fsp3) is 0.714. The average Bonchev–Trinajstić information content (AvgIpc) is 2.33. The van der Waals surface area contributed by atoms with Gasteiger partial charge in [-0.25, -0.2) is 0 Å². The van der Waals surface area contributed by atoms with Crippen molar-refractivity contribution in [2.45, 2.75) is 26.3 Å². The second kappa shape index (κ2) is 2.08. The van der Waals surface area contributed by atoms with E-state index in [-0.39, 0.29) is 0 Å². The fourth-order valence-electron chi connectivity index (χ4n) is 1.40. The lowest BCUT2D eigenvalue weighted by Crippen LogP contribution is -2.16. The van der Waals surface area contributed by atoms with E-state index in [1.807, 2.05) is 6.33 Å². The molecule has 54 valence electrons. The smallest absolute Gasteiger partial charge is 0.133 e. The Balaban J connectivity index is 2.30. The van der Waals surface area contributed by atoms with Gasteiger partial charge < -0.3 is 4.57 Å². The van der Waals surface area contributed by atoms with Gasteiger partial charge in [0.25, 0.3) is 0 Å². The quantitative estimate of drug-likeness (QED) is 0.531. The van der Waals surface area contributed by atoms with Crippen LogP contribution in [0.2, 0.25) is 0 Å². The molecule has 3 nitrogen and oxygen atoms in total. The summed E-state index contributed by atoms with van der Waals surface area (Å²) in [5.74, 6) is 1.94. The van der Waals surface area contributed by atoms with Crippen LogP contribution in [0.15, 0.2) is 6.33 Å². The molecule has 0 radical (unpaired) electrons. The van der Waals surface area contributed by atoms with Crippen LogP contribution in [0.4, 0.5) is 0 Å². The standard InChI is InChI=1S/C7H11N3/c1-6-2-3-10-5-8-9-7(10)4-6/h5-6H,2-4H2,1H3. The Kier molecular flexibility index (Phi) is 1.22. The molecule has 0 fully saturated rings. The van der Waals surface area contributed by atoms with E-state index in [1.165, 1.54) is 6.42 Å². The Morgan fingerprint density at radius 3 is 3.50 bits per heavy atom. The van der Waals surface area contributed by atoms with Gasteiger partial charge in [-0.05, 0) is 12.3 Å². The van der Waals surface area contributed by atoms with Crippen molar-refractivity contribution in [3.8, 4) is 0 Å². The fourth-order valence-corrected chi connectivity index (χ4v) is 1.40. The highest BCUT2D eigenvalue weighted by Crippen LogP contribution is 2.16. The molecule has 0 aromatic carbocycles. The van der Waals surface area contributed by atoms with Crippen LogP contribution < -0.4 is 0 Å². The molecule has 1 unspecified atom stereocenters. The molecule has 10 heavy (non-hydrogen) atoms. The number of rotatable bonds is 0. The van der Waals surface area contributed by atoms with E-state index in [0.29, 0.717) is 0 Å². The molecule has 0 spiro atoms. The third-order valence-electron chi connectivity index (χ3n) is 2.09. The molecule has 3 heteroatoms. The van der Waals surface area contributed by atoms with Crippen molar-refractivity contribution in [2.24, 2.45) is 5.92 Å². The highest BCUT2D eigenvalue weighted by atomic mass is 15.3. The maximum atomic E-state index is 4.02. The van der Waals surface area contributed by atoms with Crippen LogP contribution >= 0.6 is 0 Å². The van der Waals surface area contributed by atoms with Crippen LogP contribution in [0.25, 0.3) is 0 Å². The van der Waals surface area contributed by atoms with Gasteiger partial charge in [-0.2, -0.15) is 0 Å². The van der Waals surface area contributed by atoms with E-state index in [1.54, 1.807) is 0 Å². The predicted molar refractivity (Wildman–Crippen MR) is 37.5 cm³/mol. The highest BCUT2D eigenvalue weighted by molar-refractivity contribution is 4.90. The normalized spacial score (nSPS) is 24.3. The zero-order chi connectivity index (χ0) is 6.97. The van der Waals surface area contributed by atoms with Gasteiger partial charge in [-0.1, -0.05) is 6.92 Å². The minimum Gasteiger partial charge on any atom is -0.318 e. The number of aryl methyl sites for hydroxylation is 1. The van der Waals surface area contributed by atoms with Gasteiger partial charge in [0.15, 0.2) is 0 Å². The number of hydrogen-bond donors (Lipinski definition) is 0. The van der Waals surface area contributed by atoms with Crippen LogP contribution in [-0.4, -0.2) is 14.8 Å². The monoisotopic (exact) mass is 137 g/mol. The van der Waals surface area contributed by atoms with Crippen molar-refractivity contribution in [2.75, 3.05) is 0 Å². The molecule has 2 rings (SSSR count). The minimum absolute atomic E-state index is 0.789. The molecule has 0 N–H and O–H groups in total.